The van der Waals surface area contributed by atoms with Gasteiger partial charge in [0.2, 0.25) is 0 Å². The Balaban J connectivity index is 1.58. The lowest BCUT2D eigenvalue weighted by Crippen LogP contribution is -2.47. The van der Waals surface area contributed by atoms with Crippen molar-refractivity contribution in [1.29, 1.82) is 0 Å². The van der Waals surface area contributed by atoms with Crippen molar-refractivity contribution in [2.24, 2.45) is 5.92 Å². The number of piperidine rings is 1. The summed E-state index contributed by atoms with van der Waals surface area (Å²) in [6, 6.07) is 4.93. The Morgan fingerprint density at radius 1 is 1.36 bits per heavy atom. The van der Waals surface area contributed by atoms with Gasteiger partial charge in [0.05, 0.1) is 0 Å². The number of urea groups is 1. The molecule has 1 aromatic rings. The quantitative estimate of drug-likeness (QED) is 0.920. The fraction of sp³-hybridized carbons (Fsp3) is 0.688. The molecule has 2 amide bonds. The molecule has 2 aliphatic heterocycles. The van der Waals surface area contributed by atoms with E-state index in [1.807, 2.05) is 28.0 Å². The molecule has 0 unspecified atom stereocenters. The third kappa shape index (κ3) is 3.78. The Labute approximate surface area is 141 Å². The summed E-state index contributed by atoms with van der Waals surface area (Å²) in [5.41, 5.74) is 0. The van der Waals surface area contributed by atoms with Crippen molar-refractivity contribution >= 4 is 29.1 Å². The maximum atomic E-state index is 12.3. The molecule has 3 rings (SSSR count). The van der Waals surface area contributed by atoms with Gasteiger partial charge in [-0.25, -0.2) is 4.79 Å². The van der Waals surface area contributed by atoms with Gasteiger partial charge in [0.15, 0.2) is 0 Å². The molecule has 2 aliphatic rings. The van der Waals surface area contributed by atoms with Gasteiger partial charge in [-0.05, 0) is 43.8 Å². The summed E-state index contributed by atoms with van der Waals surface area (Å²) in [5.74, 6) is 2.65. The first-order valence-corrected chi connectivity index (χ1v) is 10.1. The highest BCUT2D eigenvalue weighted by molar-refractivity contribution is 7.99. The molecule has 0 aliphatic carbocycles. The zero-order valence-electron chi connectivity index (χ0n) is 13.2. The number of hydrogen-bond acceptors (Lipinski definition) is 4. The maximum Gasteiger partial charge on any atom is 0.317 e. The van der Waals surface area contributed by atoms with Crippen LogP contribution in [0.5, 0.6) is 0 Å². The monoisotopic (exact) mass is 339 g/mol. The van der Waals surface area contributed by atoms with Crippen LogP contribution in [0.2, 0.25) is 0 Å². The van der Waals surface area contributed by atoms with Crippen LogP contribution in [-0.2, 0) is 0 Å². The Hall–Kier alpha value is -0.720. The molecule has 2 atom stereocenters. The number of hydrogen-bond donors (Lipinski definition) is 1. The van der Waals surface area contributed by atoms with Crippen molar-refractivity contribution in [3.8, 4) is 0 Å². The van der Waals surface area contributed by atoms with E-state index >= 15 is 0 Å². The predicted octanol–water partition coefficient (Wildman–Crippen LogP) is 2.89. The van der Waals surface area contributed by atoms with Crippen LogP contribution in [0, 0.1) is 5.92 Å². The standard InChI is InChI=1S/C16H25N3OS2/c1-18-6-2-4-13(15(18)14-5-3-9-22-14)12-17-16(20)19-7-10-21-11-8-19/h3,5,9,13,15H,2,4,6-8,10-12H2,1H3,(H,17,20)/t13-,15+/m0/s1. The fourth-order valence-corrected chi connectivity index (χ4v) is 5.37. The smallest absolute Gasteiger partial charge is 0.317 e. The van der Waals surface area contributed by atoms with Crippen molar-refractivity contribution < 1.29 is 4.79 Å². The number of nitrogens with one attached hydrogen (secondary N) is 1. The maximum absolute atomic E-state index is 12.3. The van der Waals surface area contributed by atoms with E-state index in [4.69, 9.17) is 0 Å². The minimum atomic E-state index is 0.124. The highest BCUT2D eigenvalue weighted by atomic mass is 32.2. The van der Waals surface area contributed by atoms with Crippen LogP contribution in [0.1, 0.15) is 23.8 Å². The van der Waals surface area contributed by atoms with Crippen molar-refractivity contribution in [2.45, 2.75) is 18.9 Å². The van der Waals surface area contributed by atoms with Crippen LogP contribution < -0.4 is 5.32 Å². The van der Waals surface area contributed by atoms with Gasteiger partial charge in [0, 0.05) is 42.1 Å². The molecule has 6 heteroatoms. The second-order valence-corrected chi connectivity index (χ2v) is 8.33. The lowest BCUT2D eigenvalue weighted by Gasteiger charge is -2.39. The number of rotatable bonds is 3. The van der Waals surface area contributed by atoms with Gasteiger partial charge < -0.3 is 10.2 Å². The van der Waals surface area contributed by atoms with Crippen molar-refractivity contribution in [1.82, 2.24) is 15.1 Å². The first-order chi connectivity index (χ1) is 10.8. The minimum absolute atomic E-state index is 0.124. The molecule has 1 N–H and O–H groups in total. The largest absolute Gasteiger partial charge is 0.338 e. The summed E-state index contributed by atoms with van der Waals surface area (Å²) in [5, 5.41) is 5.34. The van der Waals surface area contributed by atoms with Crippen molar-refractivity contribution in [3.05, 3.63) is 22.4 Å². The van der Waals surface area contributed by atoms with Gasteiger partial charge in [-0.15, -0.1) is 11.3 Å². The van der Waals surface area contributed by atoms with Crippen LogP contribution in [0.15, 0.2) is 17.5 Å². The van der Waals surface area contributed by atoms with Crippen LogP contribution in [0.3, 0.4) is 0 Å². The number of carbonyl (C=O) groups excluding carboxylic acids is 1. The molecule has 1 aromatic heterocycles. The summed E-state index contributed by atoms with van der Waals surface area (Å²) in [4.78, 5) is 18.1. The molecule has 0 aromatic carbocycles. The first-order valence-electron chi connectivity index (χ1n) is 8.10. The third-order valence-electron chi connectivity index (χ3n) is 4.66. The lowest BCUT2D eigenvalue weighted by molar-refractivity contribution is 0.121. The SMILES string of the molecule is CN1CCC[C@@H](CNC(=O)N2CCSCC2)[C@@H]1c1cccs1. The Morgan fingerprint density at radius 2 is 2.18 bits per heavy atom. The van der Waals surface area contributed by atoms with E-state index in [9.17, 15) is 4.79 Å². The van der Waals surface area contributed by atoms with E-state index in [-0.39, 0.29) is 6.03 Å². The van der Waals surface area contributed by atoms with Crippen LogP contribution in [0.25, 0.3) is 0 Å². The summed E-state index contributed by atoms with van der Waals surface area (Å²) < 4.78 is 0. The average molecular weight is 340 g/mol. The normalized spacial score (nSPS) is 26.9. The van der Waals surface area contributed by atoms with E-state index in [0.717, 1.165) is 37.7 Å². The summed E-state index contributed by atoms with van der Waals surface area (Å²) in [6.45, 7) is 3.70. The second-order valence-electron chi connectivity index (χ2n) is 6.13. The van der Waals surface area contributed by atoms with Gasteiger partial charge in [-0.2, -0.15) is 11.8 Å². The van der Waals surface area contributed by atoms with E-state index in [0.29, 0.717) is 12.0 Å². The highest BCUT2D eigenvalue weighted by Crippen LogP contribution is 2.36. The highest BCUT2D eigenvalue weighted by Gasteiger charge is 2.31. The lowest BCUT2D eigenvalue weighted by atomic mass is 9.88. The first kappa shape index (κ1) is 16.1. The van der Waals surface area contributed by atoms with Gasteiger partial charge in [-0.3, -0.25) is 4.90 Å². The summed E-state index contributed by atoms with van der Waals surface area (Å²) >= 11 is 3.77. The van der Waals surface area contributed by atoms with E-state index < -0.39 is 0 Å². The summed E-state index contributed by atoms with van der Waals surface area (Å²) in [6.07, 6.45) is 2.42. The van der Waals surface area contributed by atoms with Crippen molar-refractivity contribution in [2.75, 3.05) is 44.7 Å². The van der Waals surface area contributed by atoms with E-state index in [1.165, 1.54) is 17.7 Å². The molecule has 4 nitrogen and oxygen atoms in total. The third-order valence-corrected chi connectivity index (χ3v) is 6.54. The molecule has 0 spiro atoms. The van der Waals surface area contributed by atoms with Crippen molar-refractivity contribution in [3.63, 3.8) is 0 Å². The van der Waals surface area contributed by atoms with Crippen LogP contribution in [0.4, 0.5) is 4.79 Å². The Bertz CT molecular complexity index is 474. The van der Waals surface area contributed by atoms with Gasteiger partial charge in [0.1, 0.15) is 0 Å². The van der Waals surface area contributed by atoms with Crippen LogP contribution in [-0.4, -0.2) is 60.6 Å². The molecule has 0 radical (unpaired) electrons. The number of amides is 2. The van der Waals surface area contributed by atoms with Gasteiger partial charge in [0.25, 0.3) is 0 Å². The van der Waals surface area contributed by atoms with E-state index in [1.54, 1.807) is 0 Å². The number of nitrogens with zero attached hydrogens (tertiary/aromatic N) is 2. The number of likely N-dealkylation sites (tertiary alicyclic amines) is 1. The predicted molar refractivity (Wildman–Crippen MR) is 94.7 cm³/mol. The fourth-order valence-electron chi connectivity index (χ4n) is 3.48. The zero-order chi connectivity index (χ0) is 15.4. The summed E-state index contributed by atoms with van der Waals surface area (Å²) in [7, 11) is 2.21. The van der Waals surface area contributed by atoms with E-state index in [2.05, 4.69) is 34.8 Å². The molecule has 3 heterocycles. The Kier molecular flexibility index (Phi) is 5.66. The Morgan fingerprint density at radius 3 is 2.91 bits per heavy atom. The molecule has 122 valence electrons. The number of carbonyl (C=O) groups is 1. The van der Waals surface area contributed by atoms with Gasteiger partial charge >= 0.3 is 6.03 Å². The van der Waals surface area contributed by atoms with Crippen LogP contribution >= 0.6 is 23.1 Å². The molecule has 22 heavy (non-hydrogen) atoms. The molecular weight excluding hydrogens is 314 g/mol. The zero-order valence-corrected chi connectivity index (χ0v) is 14.8. The number of thiophene rings is 1. The minimum Gasteiger partial charge on any atom is -0.338 e. The number of thioether (sulfide) groups is 1. The second kappa shape index (κ2) is 7.70. The molecule has 0 saturated carbocycles. The molecule has 2 saturated heterocycles. The molecule has 0 bridgehead atoms. The van der Waals surface area contributed by atoms with Gasteiger partial charge in [-0.1, -0.05) is 6.07 Å². The molecular formula is C16H25N3OS2. The topological polar surface area (TPSA) is 35.6 Å². The molecule has 2 fully saturated rings. The average Bonchev–Trinajstić information content (AvgIpc) is 3.07.